The van der Waals surface area contributed by atoms with Gasteiger partial charge in [-0.3, -0.25) is 4.79 Å². The zero-order valence-electron chi connectivity index (χ0n) is 13.4. The van der Waals surface area contributed by atoms with Crippen LogP contribution in [-0.2, 0) is 9.53 Å². The van der Waals surface area contributed by atoms with Gasteiger partial charge < -0.3 is 15.4 Å². The van der Waals surface area contributed by atoms with Gasteiger partial charge in [-0.1, -0.05) is 11.8 Å². The summed E-state index contributed by atoms with van der Waals surface area (Å²) in [6.45, 7) is 4.86. The van der Waals surface area contributed by atoms with Crippen LogP contribution in [0.15, 0.2) is 11.4 Å². The number of rotatable bonds is 5. The molecule has 7 nitrogen and oxygen atoms in total. The van der Waals surface area contributed by atoms with Gasteiger partial charge >= 0.3 is 5.97 Å². The van der Waals surface area contributed by atoms with E-state index in [9.17, 15) is 9.59 Å². The van der Waals surface area contributed by atoms with Gasteiger partial charge in [-0.05, 0) is 33.1 Å². The van der Waals surface area contributed by atoms with Gasteiger partial charge in [-0.15, -0.1) is 0 Å². The first-order valence-corrected chi connectivity index (χ1v) is 8.73. The van der Waals surface area contributed by atoms with E-state index >= 15 is 0 Å². The van der Waals surface area contributed by atoms with Crippen LogP contribution in [0.25, 0.3) is 0 Å². The Kier molecular flexibility index (Phi) is 6.20. The molecule has 0 aromatic carbocycles. The molecule has 2 rings (SSSR count). The molecule has 1 aliphatic rings. The third-order valence-electron chi connectivity index (χ3n) is 3.74. The van der Waals surface area contributed by atoms with E-state index in [0.29, 0.717) is 5.16 Å². The van der Waals surface area contributed by atoms with Crippen molar-refractivity contribution < 1.29 is 14.3 Å². The molecule has 8 heteroatoms. The maximum absolute atomic E-state index is 12.3. The average molecular weight is 338 g/mol. The van der Waals surface area contributed by atoms with Crippen molar-refractivity contribution >= 4 is 29.5 Å². The monoisotopic (exact) mass is 338 g/mol. The fourth-order valence-corrected chi connectivity index (χ4v) is 3.20. The number of likely N-dealkylation sites (tertiary alicyclic amines) is 1. The summed E-state index contributed by atoms with van der Waals surface area (Å²) in [5, 5.41) is 0.383. The third-order valence-corrected chi connectivity index (χ3v) is 4.59. The molecular formula is C15H22N4O3S. The zero-order valence-corrected chi connectivity index (χ0v) is 14.3. The fraction of sp³-hybridized carbons (Fsp3) is 0.600. The zero-order chi connectivity index (χ0) is 16.8. The first kappa shape index (κ1) is 17.5. The molecule has 1 saturated heterocycles. The largest absolute Gasteiger partial charge is 0.462 e. The van der Waals surface area contributed by atoms with Gasteiger partial charge in [-0.2, -0.15) is 0 Å². The summed E-state index contributed by atoms with van der Waals surface area (Å²) in [7, 11) is 0. The summed E-state index contributed by atoms with van der Waals surface area (Å²) in [5.41, 5.74) is 5.91. The highest BCUT2D eigenvalue weighted by molar-refractivity contribution is 7.99. The summed E-state index contributed by atoms with van der Waals surface area (Å²) in [6.07, 6.45) is 4.62. The minimum Gasteiger partial charge on any atom is -0.462 e. The standard InChI is InChI=1S/C15H22N4O3S/c1-3-22-14(21)11-8-17-15(18-13(11)16)23-9-12(20)19-7-5-4-6-10(19)2/h8,10H,3-7,9H2,1-2H3,(H2,16,17,18). The number of carbonyl (C=O) groups excluding carboxylic acids is 2. The molecule has 1 amide bonds. The SMILES string of the molecule is CCOC(=O)c1cnc(SCC(=O)N2CCCCC2C)nc1N. The highest BCUT2D eigenvalue weighted by atomic mass is 32.2. The van der Waals surface area contributed by atoms with Crippen LogP contribution < -0.4 is 5.73 Å². The number of nitrogen functional groups attached to an aromatic ring is 1. The number of amides is 1. The van der Waals surface area contributed by atoms with Gasteiger partial charge in [-0.25, -0.2) is 14.8 Å². The smallest absolute Gasteiger partial charge is 0.343 e. The molecule has 0 saturated carbocycles. The van der Waals surface area contributed by atoms with Gasteiger partial charge in [0.15, 0.2) is 5.16 Å². The lowest BCUT2D eigenvalue weighted by molar-refractivity contribution is -0.131. The first-order valence-electron chi connectivity index (χ1n) is 7.74. The Labute approximate surface area is 140 Å². The number of esters is 1. The van der Waals surface area contributed by atoms with E-state index in [1.54, 1.807) is 6.92 Å². The van der Waals surface area contributed by atoms with Crippen molar-refractivity contribution in [1.82, 2.24) is 14.9 Å². The second kappa shape index (κ2) is 8.14. The summed E-state index contributed by atoms with van der Waals surface area (Å²) < 4.78 is 4.87. The summed E-state index contributed by atoms with van der Waals surface area (Å²) in [6, 6.07) is 0.286. The number of nitrogens with two attached hydrogens (primary N) is 1. The van der Waals surface area contributed by atoms with Gasteiger partial charge in [0.1, 0.15) is 11.4 Å². The van der Waals surface area contributed by atoms with Crippen molar-refractivity contribution in [1.29, 1.82) is 0 Å². The second-order valence-electron chi connectivity index (χ2n) is 5.39. The van der Waals surface area contributed by atoms with Crippen LogP contribution in [-0.4, -0.2) is 51.7 Å². The molecule has 0 spiro atoms. The maximum atomic E-state index is 12.3. The van der Waals surface area contributed by atoms with E-state index in [2.05, 4.69) is 16.9 Å². The number of carbonyl (C=O) groups is 2. The summed E-state index contributed by atoms with van der Waals surface area (Å²) in [5.74, 6) is -0.124. The molecular weight excluding hydrogens is 316 g/mol. The van der Waals surface area contributed by atoms with Crippen LogP contribution in [0, 0.1) is 0 Å². The quantitative estimate of drug-likeness (QED) is 0.496. The van der Waals surface area contributed by atoms with Crippen molar-refractivity contribution in [2.24, 2.45) is 0 Å². The molecule has 0 aliphatic carbocycles. The van der Waals surface area contributed by atoms with Crippen molar-refractivity contribution in [3.8, 4) is 0 Å². The maximum Gasteiger partial charge on any atom is 0.343 e. The Morgan fingerprint density at radius 3 is 2.91 bits per heavy atom. The van der Waals surface area contributed by atoms with Crippen LogP contribution in [0.4, 0.5) is 5.82 Å². The molecule has 2 heterocycles. The van der Waals surface area contributed by atoms with Crippen LogP contribution in [0.1, 0.15) is 43.5 Å². The Bertz CT molecular complexity index is 582. The summed E-state index contributed by atoms with van der Waals surface area (Å²) >= 11 is 1.23. The molecule has 1 atom stereocenters. The molecule has 0 bridgehead atoms. The molecule has 126 valence electrons. The molecule has 2 N–H and O–H groups in total. The Morgan fingerprint density at radius 1 is 1.48 bits per heavy atom. The minimum absolute atomic E-state index is 0.0692. The number of hydrogen-bond donors (Lipinski definition) is 1. The number of ether oxygens (including phenoxy) is 1. The topological polar surface area (TPSA) is 98.4 Å². The number of aromatic nitrogens is 2. The van der Waals surface area contributed by atoms with E-state index in [1.165, 1.54) is 24.4 Å². The number of hydrogen-bond acceptors (Lipinski definition) is 7. The lowest BCUT2D eigenvalue weighted by atomic mass is 10.0. The molecule has 1 aromatic rings. The predicted octanol–water partition coefficient (Wildman–Crippen LogP) is 1.73. The van der Waals surface area contributed by atoms with Crippen molar-refractivity contribution in [3.05, 3.63) is 11.8 Å². The van der Waals surface area contributed by atoms with Gasteiger partial charge in [0.05, 0.1) is 12.4 Å². The van der Waals surface area contributed by atoms with Gasteiger partial charge in [0.25, 0.3) is 0 Å². The third kappa shape index (κ3) is 4.57. The van der Waals surface area contributed by atoms with E-state index in [1.807, 2.05) is 4.90 Å². The van der Waals surface area contributed by atoms with E-state index in [4.69, 9.17) is 10.5 Å². The van der Waals surface area contributed by atoms with E-state index in [0.717, 1.165) is 19.4 Å². The molecule has 1 aromatic heterocycles. The lowest BCUT2D eigenvalue weighted by Gasteiger charge is -2.33. The molecule has 1 fully saturated rings. The summed E-state index contributed by atoms with van der Waals surface area (Å²) in [4.78, 5) is 34.0. The van der Waals surface area contributed by atoms with Crippen LogP contribution in [0.2, 0.25) is 0 Å². The minimum atomic E-state index is -0.542. The van der Waals surface area contributed by atoms with Crippen LogP contribution in [0.3, 0.4) is 0 Å². The fourth-order valence-electron chi connectivity index (χ4n) is 2.49. The predicted molar refractivity (Wildman–Crippen MR) is 88.2 cm³/mol. The van der Waals surface area contributed by atoms with Gasteiger partial charge in [0.2, 0.25) is 5.91 Å². The Balaban J connectivity index is 1.94. The lowest BCUT2D eigenvalue weighted by Crippen LogP contribution is -2.42. The molecule has 0 radical (unpaired) electrons. The van der Waals surface area contributed by atoms with Crippen molar-refractivity contribution in [2.45, 2.75) is 44.3 Å². The molecule has 1 unspecified atom stereocenters. The van der Waals surface area contributed by atoms with E-state index in [-0.39, 0.29) is 35.7 Å². The normalized spacial score (nSPS) is 17.8. The highest BCUT2D eigenvalue weighted by Crippen LogP contribution is 2.21. The Hall–Kier alpha value is -1.83. The number of anilines is 1. The molecule has 23 heavy (non-hydrogen) atoms. The number of piperidine rings is 1. The number of thioether (sulfide) groups is 1. The molecule has 1 aliphatic heterocycles. The second-order valence-corrected chi connectivity index (χ2v) is 6.34. The van der Waals surface area contributed by atoms with Crippen molar-refractivity contribution in [2.75, 3.05) is 24.6 Å². The Morgan fingerprint density at radius 2 is 2.26 bits per heavy atom. The van der Waals surface area contributed by atoms with Crippen LogP contribution >= 0.6 is 11.8 Å². The number of nitrogens with zero attached hydrogens (tertiary/aromatic N) is 3. The van der Waals surface area contributed by atoms with E-state index < -0.39 is 5.97 Å². The highest BCUT2D eigenvalue weighted by Gasteiger charge is 2.23. The van der Waals surface area contributed by atoms with Gasteiger partial charge in [0, 0.05) is 18.8 Å². The first-order chi connectivity index (χ1) is 11.0. The average Bonchev–Trinajstić information content (AvgIpc) is 2.53. The van der Waals surface area contributed by atoms with Crippen molar-refractivity contribution in [3.63, 3.8) is 0 Å². The van der Waals surface area contributed by atoms with Crippen LogP contribution in [0.5, 0.6) is 0 Å².